The fourth-order valence-corrected chi connectivity index (χ4v) is 3.21. The Morgan fingerprint density at radius 1 is 0.462 bits per heavy atom. The zero-order valence-corrected chi connectivity index (χ0v) is 14.7. The van der Waals surface area contributed by atoms with Crippen molar-refractivity contribution in [1.29, 1.82) is 0 Å². The van der Waals surface area contributed by atoms with Crippen LogP contribution >= 0.6 is 0 Å². The smallest absolute Gasteiger partial charge is 0.127 e. The van der Waals surface area contributed by atoms with E-state index in [4.69, 9.17) is 9.47 Å². The SMILES string of the molecule is c1ccc2c(OCCCCOc3cccc4ccccc34)cccc2c1. The van der Waals surface area contributed by atoms with E-state index in [2.05, 4.69) is 48.5 Å². The molecular weight excluding hydrogens is 320 g/mol. The van der Waals surface area contributed by atoms with E-state index < -0.39 is 0 Å². The molecule has 4 aromatic rings. The van der Waals surface area contributed by atoms with E-state index in [1.54, 1.807) is 0 Å². The maximum absolute atomic E-state index is 5.99. The number of hydrogen-bond donors (Lipinski definition) is 0. The Bertz CT molecular complexity index is 913. The molecule has 0 atom stereocenters. The summed E-state index contributed by atoms with van der Waals surface area (Å²) in [4.78, 5) is 0. The second-order valence-corrected chi connectivity index (χ2v) is 6.36. The number of benzene rings is 4. The van der Waals surface area contributed by atoms with Crippen molar-refractivity contribution in [2.45, 2.75) is 12.8 Å². The van der Waals surface area contributed by atoms with Gasteiger partial charge in [0.1, 0.15) is 11.5 Å². The van der Waals surface area contributed by atoms with Crippen molar-refractivity contribution >= 4 is 21.5 Å². The molecule has 0 bridgehead atoms. The molecule has 26 heavy (non-hydrogen) atoms. The van der Waals surface area contributed by atoms with Crippen molar-refractivity contribution in [3.8, 4) is 11.5 Å². The molecule has 0 aromatic heterocycles. The molecule has 0 aliphatic rings. The summed E-state index contributed by atoms with van der Waals surface area (Å²) in [5, 5.41) is 4.76. The number of ether oxygens (including phenoxy) is 2. The molecule has 4 rings (SSSR count). The first-order chi connectivity index (χ1) is 12.9. The van der Waals surface area contributed by atoms with Crippen LogP contribution in [0.2, 0.25) is 0 Å². The van der Waals surface area contributed by atoms with Crippen LogP contribution in [0.1, 0.15) is 12.8 Å². The molecule has 0 radical (unpaired) electrons. The maximum Gasteiger partial charge on any atom is 0.127 e. The van der Waals surface area contributed by atoms with Gasteiger partial charge in [-0.05, 0) is 35.7 Å². The van der Waals surface area contributed by atoms with Crippen molar-refractivity contribution in [3.05, 3.63) is 84.9 Å². The molecule has 0 fully saturated rings. The highest BCUT2D eigenvalue weighted by Gasteiger charge is 2.02. The number of unbranched alkanes of at least 4 members (excludes halogenated alkanes) is 1. The molecule has 2 nitrogen and oxygen atoms in total. The topological polar surface area (TPSA) is 18.5 Å². The third kappa shape index (κ3) is 3.65. The molecule has 0 unspecified atom stereocenters. The summed E-state index contributed by atoms with van der Waals surface area (Å²) in [5.41, 5.74) is 0. The highest BCUT2D eigenvalue weighted by Crippen LogP contribution is 2.26. The second-order valence-electron chi connectivity index (χ2n) is 6.36. The van der Waals surface area contributed by atoms with Crippen LogP contribution in [0, 0.1) is 0 Å². The van der Waals surface area contributed by atoms with Gasteiger partial charge in [-0.2, -0.15) is 0 Å². The van der Waals surface area contributed by atoms with Gasteiger partial charge in [-0.1, -0.05) is 72.8 Å². The number of hydrogen-bond acceptors (Lipinski definition) is 2. The molecule has 0 saturated carbocycles. The summed E-state index contributed by atoms with van der Waals surface area (Å²) in [7, 11) is 0. The molecule has 0 heterocycles. The summed E-state index contributed by atoms with van der Waals surface area (Å²) in [6.45, 7) is 1.40. The minimum absolute atomic E-state index is 0.701. The molecule has 2 heteroatoms. The van der Waals surface area contributed by atoms with Crippen molar-refractivity contribution in [1.82, 2.24) is 0 Å². The average Bonchev–Trinajstić information content (AvgIpc) is 2.71. The highest BCUT2D eigenvalue weighted by molar-refractivity contribution is 5.88. The van der Waals surface area contributed by atoms with Gasteiger partial charge in [0.15, 0.2) is 0 Å². The van der Waals surface area contributed by atoms with Gasteiger partial charge < -0.3 is 9.47 Å². The Kier molecular flexibility index (Phi) is 5.02. The lowest BCUT2D eigenvalue weighted by Crippen LogP contribution is -2.03. The predicted molar refractivity (Wildman–Crippen MR) is 108 cm³/mol. The van der Waals surface area contributed by atoms with Crippen LogP contribution in [0.5, 0.6) is 11.5 Å². The highest BCUT2D eigenvalue weighted by atomic mass is 16.5. The number of fused-ring (bicyclic) bond motifs is 2. The molecule has 0 amide bonds. The average molecular weight is 342 g/mol. The van der Waals surface area contributed by atoms with Crippen LogP contribution in [-0.4, -0.2) is 13.2 Å². The van der Waals surface area contributed by atoms with Gasteiger partial charge in [0.05, 0.1) is 13.2 Å². The minimum Gasteiger partial charge on any atom is -0.493 e. The molecule has 0 spiro atoms. The summed E-state index contributed by atoms with van der Waals surface area (Å²) in [5.74, 6) is 1.91. The summed E-state index contributed by atoms with van der Waals surface area (Å²) in [6.07, 6.45) is 1.93. The Morgan fingerprint density at radius 2 is 0.885 bits per heavy atom. The quantitative estimate of drug-likeness (QED) is 0.371. The van der Waals surface area contributed by atoms with E-state index in [0.717, 1.165) is 24.3 Å². The second kappa shape index (κ2) is 7.92. The first kappa shape index (κ1) is 16.5. The summed E-state index contributed by atoms with van der Waals surface area (Å²) >= 11 is 0. The molecular formula is C24H22O2. The van der Waals surface area contributed by atoms with Crippen molar-refractivity contribution in [2.75, 3.05) is 13.2 Å². The van der Waals surface area contributed by atoms with E-state index in [9.17, 15) is 0 Å². The third-order valence-corrected chi connectivity index (χ3v) is 4.55. The Hall–Kier alpha value is -3.00. The van der Waals surface area contributed by atoms with E-state index in [-0.39, 0.29) is 0 Å². The monoisotopic (exact) mass is 342 g/mol. The predicted octanol–water partition coefficient (Wildman–Crippen LogP) is 6.23. The molecule has 4 aromatic carbocycles. The summed E-state index contributed by atoms with van der Waals surface area (Å²) < 4.78 is 12.0. The zero-order chi connectivity index (χ0) is 17.6. The van der Waals surface area contributed by atoms with Crippen LogP contribution in [0.25, 0.3) is 21.5 Å². The maximum atomic E-state index is 5.99. The van der Waals surface area contributed by atoms with Crippen molar-refractivity contribution < 1.29 is 9.47 Å². The lowest BCUT2D eigenvalue weighted by Gasteiger charge is -2.11. The Labute approximate surface area is 154 Å². The Morgan fingerprint density at radius 3 is 1.38 bits per heavy atom. The molecule has 0 saturated heterocycles. The minimum atomic E-state index is 0.701. The first-order valence-electron chi connectivity index (χ1n) is 9.13. The molecule has 0 aliphatic carbocycles. The fourth-order valence-electron chi connectivity index (χ4n) is 3.21. The van der Waals surface area contributed by atoms with Crippen LogP contribution in [0.4, 0.5) is 0 Å². The summed E-state index contributed by atoms with van der Waals surface area (Å²) in [6, 6.07) is 29.0. The molecule has 130 valence electrons. The number of rotatable bonds is 7. The first-order valence-corrected chi connectivity index (χ1v) is 9.13. The largest absolute Gasteiger partial charge is 0.493 e. The van der Waals surface area contributed by atoms with Crippen molar-refractivity contribution in [3.63, 3.8) is 0 Å². The van der Waals surface area contributed by atoms with Crippen LogP contribution in [-0.2, 0) is 0 Å². The standard InChI is InChI=1S/C24H22O2/c1-3-13-21-19(9-1)11-7-15-23(21)25-17-5-6-18-26-24-16-8-12-20-10-2-4-14-22(20)24/h1-4,7-16H,5-6,17-18H2. The van der Waals surface area contributed by atoms with Crippen LogP contribution in [0.3, 0.4) is 0 Å². The molecule has 0 aliphatic heterocycles. The van der Waals surface area contributed by atoms with E-state index in [0.29, 0.717) is 13.2 Å². The van der Waals surface area contributed by atoms with Gasteiger partial charge in [0, 0.05) is 10.8 Å². The van der Waals surface area contributed by atoms with Gasteiger partial charge in [-0.3, -0.25) is 0 Å². The fraction of sp³-hybridized carbons (Fsp3) is 0.167. The van der Waals surface area contributed by atoms with Crippen molar-refractivity contribution in [2.24, 2.45) is 0 Å². The normalized spacial score (nSPS) is 10.9. The zero-order valence-electron chi connectivity index (χ0n) is 14.7. The van der Waals surface area contributed by atoms with Gasteiger partial charge in [0.25, 0.3) is 0 Å². The van der Waals surface area contributed by atoms with Crippen LogP contribution in [0.15, 0.2) is 84.9 Å². The lowest BCUT2D eigenvalue weighted by atomic mass is 10.1. The third-order valence-electron chi connectivity index (χ3n) is 4.55. The molecule has 0 N–H and O–H groups in total. The van der Waals surface area contributed by atoms with Gasteiger partial charge >= 0.3 is 0 Å². The lowest BCUT2D eigenvalue weighted by molar-refractivity contribution is 0.269. The van der Waals surface area contributed by atoms with Gasteiger partial charge in [-0.25, -0.2) is 0 Å². The van der Waals surface area contributed by atoms with E-state index in [1.165, 1.54) is 21.5 Å². The van der Waals surface area contributed by atoms with E-state index >= 15 is 0 Å². The van der Waals surface area contributed by atoms with Gasteiger partial charge in [-0.15, -0.1) is 0 Å². The van der Waals surface area contributed by atoms with Crippen LogP contribution < -0.4 is 9.47 Å². The van der Waals surface area contributed by atoms with Gasteiger partial charge in [0.2, 0.25) is 0 Å². The van der Waals surface area contributed by atoms with E-state index in [1.807, 2.05) is 36.4 Å². The Balaban J connectivity index is 1.28.